The average molecular weight is 375 g/mol. The number of carbonyl (C=O) groups is 1. The number of hydrogen-bond donors (Lipinski definition) is 1. The third-order valence-electron chi connectivity index (χ3n) is 4.90. The van der Waals surface area contributed by atoms with Crippen molar-refractivity contribution in [3.05, 3.63) is 81.6 Å². The van der Waals surface area contributed by atoms with Crippen molar-refractivity contribution in [1.29, 1.82) is 0 Å². The fraction of sp³-hybridized carbons (Fsp3) is 0.261. The Morgan fingerprint density at radius 1 is 1.11 bits per heavy atom. The predicted octanol–water partition coefficient (Wildman–Crippen LogP) is 4.29. The van der Waals surface area contributed by atoms with Crippen molar-refractivity contribution in [2.24, 2.45) is 0 Å². The summed E-state index contributed by atoms with van der Waals surface area (Å²) in [5.74, 6) is -0.270. The van der Waals surface area contributed by atoms with Crippen molar-refractivity contribution in [3.63, 3.8) is 0 Å². The topological polar surface area (TPSA) is 64.0 Å². The number of anilines is 1. The molecule has 0 aliphatic carbocycles. The number of amides is 1. The van der Waals surface area contributed by atoms with Crippen LogP contribution in [-0.2, 0) is 11.2 Å². The van der Waals surface area contributed by atoms with E-state index in [1.807, 2.05) is 63.2 Å². The summed E-state index contributed by atoms with van der Waals surface area (Å²) in [6.45, 7) is 7.74. The molecule has 0 aliphatic rings. The third kappa shape index (κ3) is 4.03. The lowest BCUT2D eigenvalue weighted by molar-refractivity contribution is -0.119. The van der Waals surface area contributed by atoms with Crippen LogP contribution in [0.2, 0.25) is 0 Å². The van der Waals surface area contributed by atoms with E-state index in [1.165, 1.54) is 10.7 Å². The molecule has 0 aliphatic heterocycles. The van der Waals surface area contributed by atoms with Crippen LogP contribution < -0.4 is 10.9 Å². The van der Waals surface area contributed by atoms with Gasteiger partial charge < -0.3 is 5.32 Å². The van der Waals surface area contributed by atoms with E-state index in [0.29, 0.717) is 5.69 Å². The highest BCUT2D eigenvalue weighted by atomic mass is 16.2. The number of hydrogen-bond acceptors (Lipinski definition) is 3. The van der Waals surface area contributed by atoms with E-state index >= 15 is 0 Å². The molecule has 3 rings (SSSR count). The van der Waals surface area contributed by atoms with Crippen LogP contribution in [0.4, 0.5) is 5.69 Å². The summed E-state index contributed by atoms with van der Waals surface area (Å²) in [5, 5.41) is 7.42. The molecule has 0 saturated carbocycles. The van der Waals surface area contributed by atoms with Crippen LogP contribution in [0.3, 0.4) is 0 Å². The van der Waals surface area contributed by atoms with Crippen molar-refractivity contribution in [3.8, 4) is 11.3 Å². The second kappa shape index (κ2) is 8.21. The standard InChI is InChI=1S/C23H25N3O2/c1-5-18-8-6-7-9-20(18)24-23(28)17(4)26-22(27)13-12-21(25-26)19-14-15(2)10-11-16(19)3/h6-14,17H,5H2,1-4H3,(H,24,28). The summed E-state index contributed by atoms with van der Waals surface area (Å²) in [6, 6.07) is 16.2. The van der Waals surface area contributed by atoms with Crippen molar-refractivity contribution in [1.82, 2.24) is 9.78 Å². The number of carbonyl (C=O) groups excluding carboxylic acids is 1. The first-order valence-electron chi connectivity index (χ1n) is 9.47. The van der Waals surface area contributed by atoms with Crippen LogP contribution in [0.5, 0.6) is 0 Å². The van der Waals surface area contributed by atoms with Gasteiger partial charge in [-0.25, -0.2) is 4.68 Å². The zero-order valence-electron chi connectivity index (χ0n) is 16.7. The van der Waals surface area contributed by atoms with Crippen LogP contribution in [0.1, 0.15) is 36.6 Å². The van der Waals surface area contributed by atoms with Crippen LogP contribution in [0.25, 0.3) is 11.3 Å². The van der Waals surface area contributed by atoms with Gasteiger partial charge in [-0.3, -0.25) is 9.59 Å². The van der Waals surface area contributed by atoms with Gasteiger partial charge in [0.15, 0.2) is 0 Å². The van der Waals surface area contributed by atoms with Crippen LogP contribution in [0.15, 0.2) is 59.4 Å². The molecule has 0 spiro atoms. The Morgan fingerprint density at radius 2 is 1.86 bits per heavy atom. The van der Waals surface area contributed by atoms with Crippen LogP contribution in [-0.4, -0.2) is 15.7 Å². The van der Waals surface area contributed by atoms with Gasteiger partial charge in [0.1, 0.15) is 6.04 Å². The molecule has 1 aromatic heterocycles. The normalized spacial score (nSPS) is 11.9. The first-order chi connectivity index (χ1) is 13.4. The predicted molar refractivity (Wildman–Crippen MR) is 113 cm³/mol. The zero-order chi connectivity index (χ0) is 20.3. The molecule has 0 saturated heterocycles. The van der Waals surface area contributed by atoms with Crippen molar-refractivity contribution < 1.29 is 4.79 Å². The molecule has 28 heavy (non-hydrogen) atoms. The van der Waals surface area contributed by atoms with Gasteiger partial charge in [0.05, 0.1) is 5.69 Å². The maximum Gasteiger partial charge on any atom is 0.267 e. The number of nitrogens with one attached hydrogen (secondary N) is 1. The number of rotatable bonds is 5. The molecule has 0 fully saturated rings. The third-order valence-corrected chi connectivity index (χ3v) is 4.90. The van der Waals surface area contributed by atoms with Crippen LogP contribution in [0, 0.1) is 13.8 Å². The lowest BCUT2D eigenvalue weighted by Crippen LogP contribution is -2.33. The first-order valence-corrected chi connectivity index (χ1v) is 9.47. The zero-order valence-corrected chi connectivity index (χ0v) is 16.7. The quantitative estimate of drug-likeness (QED) is 0.723. The fourth-order valence-corrected chi connectivity index (χ4v) is 3.16. The van der Waals surface area contributed by atoms with Gasteiger partial charge in [0, 0.05) is 17.3 Å². The van der Waals surface area contributed by atoms with Gasteiger partial charge in [0.2, 0.25) is 5.91 Å². The van der Waals surface area contributed by atoms with Gasteiger partial charge >= 0.3 is 0 Å². The monoisotopic (exact) mass is 375 g/mol. The largest absolute Gasteiger partial charge is 0.324 e. The highest BCUT2D eigenvalue weighted by molar-refractivity contribution is 5.94. The summed E-state index contributed by atoms with van der Waals surface area (Å²) in [7, 11) is 0. The van der Waals surface area contributed by atoms with E-state index in [4.69, 9.17) is 0 Å². The molecule has 1 atom stereocenters. The highest BCUT2D eigenvalue weighted by Crippen LogP contribution is 2.22. The van der Waals surface area contributed by atoms with Crippen molar-refractivity contribution in [2.75, 3.05) is 5.32 Å². The molecule has 1 N–H and O–H groups in total. The van der Waals surface area contributed by atoms with E-state index in [-0.39, 0.29) is 11.5 Å². The maximum atomic E-state index is 12.8. The fourth-order valence-electron chi connectivity index (χ4n) is 3.16. The van der Waals surface area contributed by atoms with Gasteiger partial charge in [-0.05, 0) is 56.5 Å². The molecule has 0 radical (unpaired) electrons. The van der Waals surface area contributed by atoms with Crippen LogP contribution >= 0.6 is 0 Å². The molecule has 5 heteroatoms. The van der Waals surface area contributed by atoms with E-state index in [9.17, 15) is 9.59 Å². The Morgan fingerprint density at radius 3 is 2.61 bits per heavy atom. The number of benzene rings is 2. The Kier molecular flexibility index (Phi) is 5.73. The minimum absolute atomic E-state index is 0.270. The van der Waals surface area contributed by atoms with E-state index < -0.39 is 6.04 Å². The number of para-hydroxylation sites is 1. The molecular formula is C23H25N3O2. The lowest BCUT2D eigenvalue weighted by atomic mass is 10.0. The molecule has 144 valence electrons. The molecule has 0 bridgehead atoms. The first kappa shape index (κ1) is 19.5. The van der Waals surface area contributed by atoms with Gasteiger partial charge in [-0.15, -0.1) is 0 Å². The molecule has 1 amide bonds. The second-order valence-corrected chi connectivity index (χ2v) is 7.00. The summed E-state index contributed by atoms with van der Waals surface area (Å²) >= 11 is 0. The van der Waals surface area contributed by atoms with E-state index in [1.54, 1.807) is 13.0 Å². The molecular weight excluding hydrogens is 350 g/mol. The summed E-state index contributed by atoms with van der Waals surface area (Å²) in [4.78, 5) is 25.2. The van der Waals surface area contributed by atoms with Crippen molar-refractivity contribution in [2.45, 2.75) is 40.2 Å². The number of aryl methyl sites for hydroxylation is 3. The van der Waals surface area contributed by atoms with Gasteiger partial charge in [-0.1, -0.05) is 42.8 Å². The van der Waals surface area contributed by atoms with Gasteiger partial charge in [0.25, 0.3) is 5.56 Å². The van der Waals surface area contributed by atoms with Gasteiger partial charge in [-0.2, -0.15) is 5.10 Å². The SMILES string of the molecule is CCc1ccccc1NC(=O)C(C)n1nc(-c2cc(C)ccc2C)ccc1=O. The molecule has 1 unspecified atom stereocenters. The van der Waals surface area contributed by atoms with E-state index in [2.05, 4.69) is 10.4 Å². The summed E-state index contributed by atoms with van der Waals surface area (Å²) in [5.41, 5.74) is 5.32. The second-order valence-electron chi connectivity index (χ2n) is 7.00. The Balaban J connectivity index is 1.93. The lowest BCUT2D eigenvalue weighted by Gasteiger charge is -2.17. The molecule has 2 aromatic carbocycles. The molecule has 1 heterocycles. The Bertz CT molecular complexity index is 1070. The minimum atomic E-state index is -0.734. The number of aromatic nitrogens is 2. The van der Waals surface area contributed by atoms with Crippen molar-refractivity contribution >= 4 is 11.6 Å². The molecule has 3 aromatic rings. The minimum Gasteiger partial charge on any atom is -0.324 e. The summed E-state index contributed by atoms with van der Waals surface area (Å²) < 4.78 is 1.25. The molecule has 5 nitrogen and oxygen atoms in total. The number of nitrogens with zero attached hydrogens (tertiary/aromatic N) is 2. The maximum absolute atomic E-state index is 12.8. The summed E-state index contributed by atoms with van der Waals surface area (Å²) in [6.07, 6.45) is 0.811. The highest BCUT2D eigenvalue weighted by Gasteiger charge is 2.19. The average Bonchev–Trinajstić information content (AvgIpc) is 2.70. The Hall–Kier alpha value is -3.21. The smallest absolute Gasteiger partial charge is 0.267 e. The Labute approximate surface area is 165 Å². The van der Waals surface area contributed by atoms with E-state index in [0.717, 1.165) is 34.4 Å².